The molecule has 0 radical (unpaired) electrons. The summed E-state index contributed by atoms with van der Waals surface area (Å²) < 4.78 is 29.2. The lowest BCUT2D eigenvalue weighted by Crippen LogP contribution is -2.12. The molecule has 2 aromatic carbocycles. The minimum absolute atomic E-state index is 0.0851. The Labute approximate surface area is 117 Å². The van der Waals surface area contributed by atoms with Crippen molar-refractivity contribution in [3.63, 3.8) is 0 Å². The molecule has 3 N–H and O–H groups in total. The van der Waals surface area contributed by atoms with Gasteiger partial charge in [0.2, 0.25) is 0 Å². The third kappa shape index (κ3) is 3.16. The largest absolute Gasteiger partial charge is 0.384 e. The molecule has 20 heavy (non-hydrogen) atoms. The molecule has 0 atom stereocenters. The van der Waals surface area contributed by atoms with Crippen molar-refractivity contribution in [2.75, 3.05) is 0 Å². The fourth-order valence-electron chi connectivity index (χ4n) is 1.64. The molecular formula is C14H14N2O3S. The number of aryl methyl sites for hydroxylation is 1. The molecule has 0 aliphatic heterocycles. The first-order valence-electron chi connectivity index (χ1n) is 5.84. The molecule has 2 aromatic rings. The third-order valence-electron chi connectivity index (χ3n) is 2.65. The molecule has 6 heteroatoms. The van der Waals surface area contributed by atoms with Gasteiger partial charge in [-0.15, -0.1) is 0 Å². The Hall–Kier alpha value is -2.34. The maximum absolute atomic E-state index is 12.1. The van der Waals surface area contributed by atoms with Crippen LogP contribution in [0.2, 0.25) is 0 Å². The lowest BCUT2D eigenvalue weighted by Gasteiger charge is -2.08. The lowest BCUT2D eigenvalue weighted by atomic mass is 10.2. The fraction of sp³-hybridized carbons (Fsp3) is 0.0714. The smallest absolute Gasteiger partial charge is 0.339 e. The summed E-state index contributed by atoms with van der Waals surface area (Å²) in [5, 5.41) is 7.26. The Kier molecular flexibility index (Phi) is 3.76. The normalized spacial score (nSPS) is 11.1. The Bertz CT molecular complexity index is 737. The summed E-state index contributed by atoms with van der Waals surface area (Å²) in [6, 6.07) is 12.5. The maximum Gasteiger partial charge on any atom is 0.339 e. The average molecular weight is 290 g/mol. The second kappa shape index (κ2) is 5.34. The first-order valence-corrected chi connectivity index (χ1v) is 7.25. The SMILES string of the molecule is Cc1cccc(S(=O)(=O)Oc2ccc(C(=N)N)cc2)c1. The van der Waals surface area contributed by atoms with Crippen molar-refractivity contribution in [2.24, 2.45) is 5.73 Å². The molecule has 104 valence electrons. The van der Waals surface area contributed by atoms with Crippen LogP contribution in [-0.2, 0) is 10.1 Å². The quantitative estimate of drug-likeness (QED) is 0.512. The van der Waals surface area contributed by atoms with Crippen LogP contribution < -0.4 is 9.92 Å². The van der Waals surface area contributed by atoms with Crippen LogP contribution in [0.15, 0.2) is 53.4 Å². The molecule has 0 unspecified atom stereocenters. The van der Waals surface area contributed by atoms with Gasteiger partial charge in [0.05, 0.1) is 0 Å². The zero-order valence-electron chi connectivity index (χ0n) is 10.8. The van der Waals surface area contributed by atoms with E-state index in [1.54, 1.807) is 25.1 Å². The topological polar surface area (TPSA) is 93.2 Å². The molecule has 0 spiro atoms. The van der Waals surface area contributed by atoms with Gasteiger partial charge in [-0.05, 0) is 48.9 Å². The predicted molar refractivity (Wildman–Crippen MR) is 76.5 cm³/mol. The Morgan fingerprint density at radius 2 is 1.80 bits per heavy atom. The van der Waals surface area contributed by atoms with Gasteiger partial charge in [-0.25, -0.2) is 0 Å². The van der Waals surface area contributed by atoms with Crippen LogP contribution in [0.1, 0.15) is 11.1 Å². The monoisotopic (exact) mass is 290 g/mol. The Morgan fingerprint density at radius 1 is 1.15 bits per heavy atom. The molecule has 0 aliphatic carbocycles. The van der Waals surface area contributed by atoms with Crippen molar-refractivity contribution >= 4 is 16.0 Å². The molecule has 0 amide bonds. The summed E-state index contributed by atoms with van der Waals surface area (Å²) in [6.07, 6.45) is 0. The number of hydrogen-bond donors (Lipinski definition) is 2. The summed E-state index contributed by atoms with van der Waals surface area (Å²) in [4.78, 5) is 0.105. The minimum Gasteiger partial charge on any atom is -0.384 e. The zero-order valence-corrected chi connectivity index (χ0v) is 11.6. The lowest BCUT2D eigenvalue weighted by molar-refractivity contribution is 0.486. The number of nitrogens with one attached hydrogen (secondary N) is 1. The number of amidine groups is 1. The van der Waals surface area contributed by atoms with Crippen LogP contribution >= 0.6 is 0 Å². The first kappa shape index (κ1) is 14.1. The first-order chi connectivity index (χ1) is 9.38. The second-order valence-electron chi connectivity index (χ2n) is 4.29. The number of hydrogen-bond acceptors (Lipinski definition) is 4. The highest BCUT2D eigenvalue weighted by molar-refractivity contribution is 7.87. The third-order valence-corrected chi connectivity index (χ3v) is 3.89. The number of benzene rings is 2. The Morgan fingerprint density at radius 3 is 2.35 bits per heavy atom. The van der Waals surface area contributed by atoms with E-state index in [-0.39, 0.29) is 16.5 Å². The van der Waals surface area contributed by atoms with Gasteiger partial charge in [0.15, 0.2) is 0 Å². The highest BCUT2D eigenvalue weighted by atomic mass is 32.2. The molecular weight excluding hydrogens is 276 g/mol. The summed E-state index contributed by atoms with van der Waals surface area (Å²) in [6.45, 7) is 1.81. The number of rotatable bonds is 4. The van der Waals surface area contributed by atoms with Crippen LogP contribution in [0.5, 0.6) is 5.75 Å². The van der Waals surface area contributed by atoms with Gasteiger partial charge in [0, 0.05) is 5.56 Å². The van der Waals surface area contributed by atoms with Crippen molar-refractivity contribution in [3.05, 3.63) is 59.7 Å². The van der Waals surface area contributed by atoms with Crippen molar-refractivity contribution < 1.29 is 12.6 Å². The van der Waals surface area contributed by atoms with E-state index in [0.717, 1.165) is 5.56 Å². The molecule has 0 saturated carbocycles. The summed E-state index contributed by atoms with van der Waals surface area (Å²) in [5.74, 6) is 0.0922. The highest BCUT2D eigenvalue weighted by Gasteiger charge is 2.16. The van der Waals surface area contributed by atoms with Gasteiger partial charge in [-0.2, -0.15) is 8.42 Å². The zero-order chi connectivity index (χ0) is 14.8. The van der Waals surface area contributed by atoms with E-state index >= 15 is 0 Å². The molecule has 0 fully saturated rings. The molecule has 5 nitrogen and oxygen atoms in total. The van der Waals surface area contributed by atoms with E-state index in [4.69, 9.17) is 15.3 Å². The molecule has 0 aliphatic rings. The molecule has 0 saturated heterocycles. The average Bonchev–Trinajstić information content (AvgIpc) is 2.39. The van der Waals surface area contributed by atoms with E-state index in [1.807, 2.05) is 0 Å². The van der Waals surface area contributed by atoms with E-state index in [1.165, 1.54) is 30.3 Å². The van der Waals surface area contributed by atoms with Gasteiger partial charge in [0.1, 0.15) is 16.5 Å². The second-order valence-corrected chi connectivity index (χ2v) is 5.84. The van der Waals surface area contributed by atoms with Gasteiger partial charge in [0.25, 0.3) is 0 Å². The fourth-order valence-corrected chi connectivity index (χ4v) is 2.67. The molecule has 0 heterocycles. The van der Waals surface area contributed by atoms with Crippen LogP contribution in [0.3, 0.4) is 0 Å². The number of nitrogens with two attached hydrogens (primary N) is 1. The van der Waals surface area contributed by atoms with Crippen LogP contribution in [0, 0.1) is 12.3 Å². The molecule has 0 bridgehead atoms. The van der Waals surface area contributed by atoms with Crippen LogP contribution in [0.4, 0.5) is 0 Å². The highest BCUT2D eigenvalue weighted by Crippen LogP contribution is 2.19. The van der Waals surface area contributed by atoms with Gasteiger partial charge in [-0.1, -0.05) is 12.1 Å². The molecule has 0 aromatic heterocycles. The number of nitrogen functional groups attached to an aromatic ring is 1. The van der Waals surface area contributed by atoms with Gasteiger partial charge < -0.3 is 9.92 Å². The summed E-state index contributed by atoms with van der Waals surface area (Å²) in [5.41, 5.74) is 6.66. The standard InChI is InChI=1S/C14H14N2O3S/c1-10-3-2-4-13(9-10)20(17,18)19-12-7-5-11(6-8-12)14(15)16/h2-9H,1H3,(H3,15,16). The predicted octanol–water partition coefficient (Wildman–Crippen LogP) is 2.05. The van der Waals surface area contributed by atoms with Gasteiger partial charge in [-0.3, -0.25) is 5.41 Å². The minimum atomic E-state index is -3.85. The summed E-state index contributed by atoms with van der Waals surface area (Å²) in [7, 11) is -3.85. The van der Waals surface area contributed by atoms with Gasteiger partial charge >= 0.3 is 10.1 Å². The van der Waals surface area contributed by atoms with Crippen LogP contribution in [0.25, 0.3) is 0 Å². The van der Waals surface area contributed by atoms with Crippen molar-refractivity contribution in [3.8, 4) is 5.75 Å². The Balaban J connectivity index is 2.26. The van der Waals surface area contributed by atoms with E-state index < -0.39 is 10.1 Å². The summed E-state index contributed by atoms with van der Waals surface area (Å²) >= 11 is 0. The van der Waals surface area contributed by atoms with Crippen molar-refractivity contribution in [1.29, 1.82) is 5.41 Å². The van der Waals surface area contributed by atoms with E-state index in [2.05, 4.69) is 0 Å². The maximum atomic E-state index is 12.1. The van der Waals surface area contributed by atoms with Crippen molar-refractivity contribution in [2.45, 2.75) is 11.8 Å². The van der Waals surface area contributed by atoms with Crippen LogP contribution in [-0.4, -0.2) is 14.3 Å². The van der Waals surface area contributed by atoms with E-state index in [9.17, 15) is 8.42 Å². The molecule has 2 rings (SSSR count). The van der Waals surface area contributed by atoms with Crippen molar-refractivity contribution in [1.82, 2.24) is 0 Å². The van der Waals surface area contributed by atoms with E-state index in [0.29, 0.717) is 5.56 Å².